The highest BCUT2D eigenvalue weighted by Gasteiger charge is 2.36. The van der Waals surface area contributed by atoms with Gasteiger partial charge < -0.3 is 9.33 Å². The van der Waals surface area contributed by atoms with Crippen LogP contribution in [-0.4, -0.2) is 27.4 Å². The van der Waals surface area contributed by atoms with E-state index in [4.69, 9.17) is 4.43 Å². The Bertz CT molecular complexity index is 678. The molecule has 166 valence electrons. The molecule has 3 nitrogen and oxygen atoms in total. The minimum absolute atomic E-state index is 0.146. The van der Waals surface area contributed by atoms with Crippen LogP contribution in [-0.2, 0) is 9.22 Å². The molecule has 0 N–H and O–H groups in total. The predicted molar refractivity (Wildman–Crippen MR) is 120 cm³/mol. The zero-order valence-corrected chi connectivity index (χ0v) is 20.5. The molecule has 0 aromatic heterocycles. The number of hydrogen-bond acceptors (Lipinski definition) is 2. The molecule has 0 aliphatic rings. The summed E-state index contributed by atoms with van der Waals surface area (Å²) in [6.07, 6.45) is 3.67. The molecule has 0 atom stereocenters. The molecular weight excluding hydrogens is 388 g/mol. The van der Waals surface area contributed by atoms with Gasteiger partial charge in [-0.15, -0.1) is 0 Å². The number of benzene rings is 1. The molecule has 0 aliphatic heterocycles. The first kappa shape index (κ1) is 25.8. The van der Waals surface area contributed by atoms with Crippen LogP contribution in [0.5, 0.6) is 0 Å². The van der Waals surface area contributed by atoms with Crippen molar-refractivity contribution in [1.82, 2.24) is 0 Å². The standard InChI is InChI=1S/C23H39F2NO2Si/c1-22(2,3)21(27)26(20-14-13-18(24)17-19(20)25)15-11-9-10-12-16-28-29(7,8)23(4,5)6/h13-14,17H,9-12,15-16H2,1-8H3. The van der Waals surface area contributed by atoms with Crippen molar-refractivity contribution in [2.24, 2.45) is 5.41 Å². The zero-order valence-electron chi connectivity index (χ0n) is 19.5. The van der Waals surface area contributed by atoms with Gasteiger partial charge in [-0.05, 0) is 43.1 Å². The average molecular weight is 428 g/mol. The van der Waals surface area contributed by atoms with E-state index < -0.39 is 25.4 Å². The third-order valence-corrected chi connectivity index (χ3v) is 10.2. The van der Waals surface area contributed by atoms with Crippen LogP contribution < -0.4 is 4.90 Å². The van der Waals surface area contributed by atoms with E-state index in [9.17, 15) is 13.6 Å². The lowest BCUT2D eigenvalue weighted by molar-refractivity contribution is -0.125. The Balaban J connectivity index is 2.59. The van der Waals surface area contributed by atoms with Gasteiger partial charge in [-0.1, -0.05) is 54.4 Å². The van der Waals surface area contributed by atoms with E-state index in [0.717, 1.165) is 38.4 Å². The van der Waals surface area contributed by atoms with Crippen molar-refractivity contribution in [3.8, 4) is 0 Å². The van der Waals surface area contributed by atoms with Crippen molar-refractivity contribution in [1.29, 1.82) is 0 Å². The number of rotatable bonds is 9. The molecule has 0 radical (unpaired) electrons. The van der Waals surface area contributed by atoms with Gasteiger partial charge in [-0.2, -0.15) is 0 Å². The van der Waals surface area contributed by atoms with Gasteiger partial charge in [-0.3, -0.25) is 4.79 Å². The molecule has 1 rings (SSSR count). The summed E-state index contributed by atoms with van der Waals surface area (Å²) in [5.41, 5.74) is -0.495. The van der Waals surface area contributed by atoms with Gasteiger partial charge >= 0.3 is 0 Å². The molecule has 6 heteroatoms. The number of hydrogen-bond donors (Lipinski definition) is 0. The fraction of sp³-hybridized carbons (Fsp3) is 0.696. The SMILES string of the molecule is CC(C)(C)C(=O)N(CCCCCCO[Si](C)(C)C(C)(C)C)c1ccc(F)cc1F. The van der Waals surface area contributed by atoms with Crippen LogP contribution in [0.2, 0.25) is 18.1 Å². The Morgan fingerprint density at radius 3 is 2.10 bits per heavy atom. The van der Waals surface area contributed by atoms with Crippen molar-refractivity contribution in [3.05, 3.63) is 29.8 Å². The Hall–Kier alpha value is -1.27. The zero-order chi connectivity index (χ0) is 22.5. The van der Waals surface area contributed by atoms with Gasteiger partial charge in [0.25, 0.3) is 0 Å². The highest BCUT2D eigenvalue weighted by molar-refractivity contribution is 6.74. The molecule has 0 aliphatic carbocycles. The number of amides is 1. The van der Waals surface area contributed by atoms with Crippen LogP contribution in [0.15, 0.2) is 18.2 Å². The largest absolute Gasteiger partial charge is 0.417 e. The minimum Gasteiger partial charge on any atom is -0.417 e. The summed E-state index contributed by atoms with van der Waals surface area (Å²) in [7, 11) is -1.71. The summed E-state index contributed by atoms with van der Waals surface area (Å²) < 4.78 is 33.8. The van der Waals surface area contributed by atoms with Gasteiger partial charge in [0.1, 0.15) is 11.6 Å². The topological polar surface area (TPSA) is 29.5 Å². The van der Waals surface area contributed by atoms with Crippen LogP contribution in [0.25, 0.3) is 0 Å². The van der Waals surface area contributed by atoms with Gasteiger partial charge in [0.2, 0.25) is 5.91 Å². The normalized spacial score (nSPS) is 12.9. The average Bonchev–Trinajstić information content (AvgIpc) is 2.56. The molecule has 0 spiro atoms. The fourth-order valence-corrected chi connectivity index (χ4v) is 3.79. The van der Waals surface area contributed by atoms with Crippen molar-refractivity contribution >= 4 is 19.9 Å². The highest BCUT2D eigenvalue weighted by Crippen LogP contribution is 2.36. The third-order valence-electron chi connectivity index (χ3n) is 5.63. The molecular formula is C23H39F2NO2Si. The maximum atomic E-state index is 14.3. The Morgan fingerprint density at radius 2 is 1.59 bits per heavy atom. The molecule has 0 bridgehead atoms. The molecule has 0 saturated heterocycles. The van der Waals surface area contributed by atoms with E-state index >= 15 is 0 Å². The second-order valence-corrected chi connectivity index (χ2v) is 15.1. The monoisotopic (exact) mass is 427 g/mol. The lowest BCUT2D eigenvalue weighted by Gasteiger charge is -2.36. The van der Waals surface area contributed by atoms with Crippen LogP contribution in [0, 0.1) is 17.0 Å². The maximum Gasteiger partial charge on any atom is 0.232 e. The molecule has 0 fully saturated rings. The molecule has 0 heterocycles. The number of carbonyl (C=O) groups excluding carboxylic acids is 1. The van der Waals surface area contributed by atoms with E-state index in [-0.39, 0.29) is 16.6 Å². The number of unbranched alkanes of at least 4 members (excludes halogenated alkanes) is 3. The molecule has 29 heavy (non-hydrogen) atoms. The quantitative estimate of drug-likeness (QED) is 0.316. The summed E-state index contributed by atoms with van der Waals surface area (Å²) in [6, 6.07) is 3.37. The lowest BCUT2D eigenvalue weighted by Crippen LogP contribution is -2.41. The summed E-state index contributed by atoms with van der Waals surface area (Å²) in [5, 5.41) is 0.208. The third kappa shape index (κ3) is 7.82. The van der Waals surface area contributed by atoms with Gasteiger partial charge in [0, 0.05) is 24.6 Å². The minimum atomic E-state index is -1.71. The molecule has 1 amide bonds. The van der Waals surface area contributed by atoms with E-state index in [2.05, 4.69) is 33.9 Å². The van der Waals surface area contributed by atoms with Gasteiger partial charge in [0.15, 0.2) is 8.32 Å². The van der Waals surface area contributed by atoms with Crippen molar-refractivity contribution in [2.45, 2.75) is 85.4 Å². The first-order valence-corrected chi connectivity index (χ1v) is 13.5. The molecule has 1 aromatic rings. The highest BCUT2D eigenvalue weighted by atomic mass is 28.4. The van der Waals surface area contributed by atoms with Crippen LogP contribution >= 0.6 is 0 Å². The van der Waals surface area contributed by atoms with Crippen LogP contribution in [0.4, 0.5) is 14.5 Å². The van der Waals surface area contributed by atoms with Crippen LogP contribution in [0.3, 0.4) is 0 Å². The molecule has 1 aromatic carbocycles. The van der Waals surface area contributed by atoms with E-state index in [1.807, 2.05) is 20.8 Å². The van der Waals surface area contributed by atoms with E-state index in [0.29, 0.717) is 6.54 Å². The Kier molecular flexibility index (Phi) is 9.03. The maximum absolute atomic E-state index is 14.3. The predicted octanol–water partition coefficient (Wildman–Crippen LogP) is 6.93. The van der Waals surface area contributed by atoms with Crippen molar-refractivity contribution < 1.29 is 18.0 Å². The Labute approximate surface area is 177 Å². The summed E-state index contributed by atoms with van der Waals surface area (Å²) in [6.45, 7) is 17.8. The summed E-state index contributed by atoms with van der Waals surface area (Å²) in [4.78, 5) is 14.3. The first-order chi connectivity index (χ1) is 13.2. The Morgan fingerprint density at radius 1 is 1.00 bits per heavy atom. The number of halogens is 2. The lowest BCUT2D eigenvalue weighted by atomic mass is 9.94. The fourth-order valence-electron chi connectivity index (χ4n) is 2.71. The van der Waals surface area contributed by atoms with E-state index in [1.54, 1.807) is 0 Å². The van der Waals surface area contributed by atoms with E-state index in [1.165, 1.54) is 17.0 Å². The number of anilines is 1. The van der Waals surface area contributed by atoms with Crippen molar-refractivity contribution in [2.75, 3.05) is 18.1 Å². The van der Waals surface area contributed by atoms with Crippen LogP contribution in [0.1, 0.15) is 67.2 Å². The first-order valence-electron chi connectivity index (χ1n) is 10.6. The second-order valence-electron chi connectivity index (χ2n) is 10.3. The van der Waals surface area contributed by atoms with Gasteiger partial charge in [0.05, 0.1) is 5.69 Å². The summed E-state index contributed by atoms with van der Waals surface area (Å²) in [5.74, 6) is -1.51. The second kappa shape index (κ2) is 10.2. The molecule has 0 saturated carbocycles. The summed E-state index contributed by atoms with van der Waals surface area (Å²) >= 11 is 0. The number of nitrogens with zero attached hydrogens (tertiary/aromatic N) is 1. The van der Waals surface area contributed by atoms with Crippen molar-refractivity contribution in [3.63, 3.8) is 0 Å². The molecule has 0 unspecified atom stereocenters. The van der Waals surface area contributed by atoms with Gasteiger partial charge in [-0.25, -0.2) is 8.78 Å². The smallest absolute Gasteiger partial charge is 0.232 e. The number of carbonyl (C=O) groups is 1.